The predicted molar refractivity (Wildman–Crippen MR) is 104 cm³/mol. The lowest BCUT2D eigenvalue weighted by Crippen LogP contribution is -2.84. The highest BCUT2D eigenvalue weighted by molar-refractivity contribution is 7.20. The Kier molecular flexibility index (Phi) is 4.80. The van der Waals surface area contributed by atoms with Gasteiger partial charge in [0, 0.05) is 12.0 Å². The molecule has 0 spiro atoms. The highest BCUT2D eigenvalue weighted by atomic mass is 32.1. The van der Waals surface area contributed by atoms with E-state index in [2.05, 4.69) is 39.6 Å². The molecule has 1 aliphatic rings. The van der Waals surface area contributed by atoms with E-state index in [-0.39, 0.29) is 5.56 Å². The molecule has 27 heavy (non-hydrogen) atoms. The lowest BCUT2D eigenvalue weighted by atomic mass is 9.88. The number of ether oxygens (including phenoxy) is 1. The van der Waals surface area contributed by atoms with E-state index < -0.39 is 5.97 Å². The Bertz CT molecular complexity index is 1070. The number of aromatic nitrogens is 2. The van der Waals surface area contributed by atoms with Crippen LogP contribution in [0.4, 0.5) is 0 Å². The number of nitrogens with two attached hydrogens (primary N) is 1. The van der Waals surface area contributed by atoms with Gasteiger partial charge in [0.25, 0.3) is 5.56 Å². The SMILES string of the molecule is COC(=O)c1sc2nc(C[NH2+][C@@H]3CCCc4ccccc43)[nH]c(=O)c2c1C. The summed E-state index contributed by atoms with van der Waals surface area (Å²) in [6, 6.07) is 8.95. The minimum Gasteiger partial charge on any atom is -0.465 e. The first-order chi connectivity index (χ1) is 13.1. The van der Waals surface area contributed by atoms with Crippen LogP contribution in [0.15, 0.2) is 29.1 Å². The summed E-state index contributed by atoms with van der Waals surface area (Å²) in [5, 5.41) is 2.72. The van der Waals surface area contributed by atoms with Gasteiger partial charge < -0.3 is 15.0 Å². The maximum atomic E-state index is 12.5. The molecule has 140 valence electrons. The highest BCUT2D eigenvalue weighted by Crippen LogP contribution is 2.28. The number of nitrogens with zero attached hydrogens (tertiary/aromatic N) is 1. The third-order valence-electron chi connectivity index (χ3n) is 5.23. The summed E-state index contributed by atoms with van der Waals surface area (Å²) in [6.45, 7) is 2.35. The second-order valence-corrected chi connectivity index (χ2v) is 7.88. The molecule has 1 aromatic carbocycles. The zero-order valence-corrected chi connectivity index (χ0v) is 16.2. The second kappa shape index (κ2) is 7.25. The van der Waals surface area contributed by atoms with E-state index in [1.807, 2.05) is 0 Å². The third kappa shape index (κ3) is 3.28. The molecule has 0 radical (unpaired) electrons. The molecule has 0 fully saturated rings. The Morgan fingerprint density at radius 3 is 3.04 bits per heavy atom. The van der Waals surface area contributed by atoms with Gasteiger partial charge in [0.2, 0.25) is 0 Å². The van der Waals surface area contributed by atoms with Gasteiger partial charge in [-0.2, -0.15) is 0 Å². The van der Waals surface area contributed by atoms with Crippen molar-refractivity contribution in [2.24, 2.45) is 0 Å². The number of carbonyl (C=O) groups excluding carboxylic acids is 1. The first-order valence-electron chi connectivity index (χ1n) is 9.10. The lowest BCUT2D eigenvalue weighted by molar-refractivity contribution is -0.713. The third-order valence-corrected chi connectivity index (χ3v) is 6.40. The standard InChI is InChI=1S/C20H21N3O3S/c1-11-16-18(24)22-15(23-19(16)27-17(11)20(25)26-2)10-21-14-9-5-7-12-6-3-4-8-13(12)14/h3-4,6,8,14,21H,5,7,9-10H2,1-2H3,(H,22,23,24)/p+1/t14-/m1/s1. The van der Waals surface area contributed by atoms with Gasteiger partial charge in [0.1, 0.15) is 22.3 Å². The maximum absolute atomic E-state index is 12.5. The van der Waals surface area contributed by atoms with E-state index in [1.54, 1.807) is 6.92 Å². The molecule has 1 atom stereocenters. The van der Waals surface area contributed by atoms with Crippen molar-refractivity contribution in [3.05, 3.63) is 62.0 Å². The molecule has 0 aliphatic heterocycles. The Hall–Kier alpha value is -2.51. The second-order valence-electron chi connectivity index (χ2n) is 6.88. The van der Waals surface area contributed by atoms with Gasteiger partial charge in [-0.15, -0.1) is 11.3 Å². The van der Waals surface area contributed by atoms with Crippen LogP contribution in [0.1, 0.15) is 51.1 Å². The van der Waals surface area contributed by atoms with Gasteiger partial charge in [-0.1, -0.05) is 24.3 Å². The fraction of sp³-hybridized carbons (Fsp3) is 0.350. The largest absolute Gasteiger partial charge is 0.465 e. The molecule has 2 heterocycles. The predicted octanol–water partition coefficient (Wildman–Crippen LogP) is 2.22. The molecule has 3 N–H and O–H groups in total. The number of hydrogen-bond donors (Lipinski definition) is 2. The van der Waals surface area contributed by atoms with E-state index in [0.717, 1.165) is 12.8 Å². The smallest absolute Gasteiger partial charge is 0.348 e. The Morgan fingerprint density at radius 1 is 1.41 bits per heavy atom. The number of thiophene rings is 1. The van der Waals surface area contributed by atoms with Crippen molar-refractivity contribution in [1.29, 1.82) is 0 Å². The number of esters is 1. The van der Waals surface area contributed by atoms with E-state index in [4.69, 9.17) is 4.74 Å². The molecule has 3 aromatic rings. The van der Waals surface area contributed by atoms with Gasteiger partial charge >= 0.3 is 5.97 Å². The molecule has 0 amide bonds. The van der Waals surface area contributed by atoms with Crippen molar-refractivity contribution >= 4 is 27.5 Å². The quantitative estimate of drug-likeness (QED) is 0.675. The summed E-state index contributed by atoms with van der Waals surface area (Å²) in [5.41, 5.74) is 3.23. The van der Waals surface area contributed by atoms with Gasteiger partial charge in [0.05, 0.1) is 12.5 Å². The van der Waals surface area contributed by atoms with Crippen LogP contribution in [-0.4, -0.2) is 23.0 Å². The summed E-state index contributed by atoms with van der Waals surface area (Å²) in [4.78, 5) is 32.9. The Labute approximate surface area is 160 Å². The number of quaternary nitrogens is 1. The lowest BCUT2D eigenvalue weighted by Gasteiger charge is -2.23. The van der Waals surface area contributed by atoms with Gasteiger partial charge in [-0.3, -0.25) is 4.79 Å². The number of methoxy groups -OCH3 is 1. The van der Waals surface area contributed by atoms with E-state index in [1.165, 1.54) is 36.0 Å². The number of rotatable bonds is 4. The summed E-state index contributed by atoms with van der Waals surface area (Å²) in [5.74, 6) is 0.204. The first-order valence-corrected chi connectivity index (χ1v) is 9.92. The molecule has 7 heteroatoms. The van der Waals surface area contributed by atoms with Crippen LogP contribution in [0, 0.1) is 6.92 Å². The molecule has 0 bridgehead atoms. The van der Waals surface area contributed by atoms with Crippen molar-refractivity contribution in [3.8, 4) is 0 Å². The molecule has 6 nitrogen and oxygen atoms in total. The fourth-order valence-corrected chi connectivity index (χ4v) is 4.98. The van der Waals surface area contributed by atoms with Crippen molar-refractivity contribution < 1.29 is 14.8 Å². The monoisotopic (exact) mass is 384 g/mol. The van der Waals surface area contributed by atoms with Crippen molar-refractivity contribution in [2.75, 3.05) is 7.11 Å². The summed E-state index contributed by atoms with van der Waals surface area (Å²) in [6.07, 6.45) is 3.42. The topological polar surface area (TPSA) is 88.7 Å². The number of aryl methyl sites for hydroxylation is 2. The van der Waals surface area contributed by atoms with Crippen molar-refractivity contribution in [3.63, 3.8) is 0 Å². The molecule has 0 saturated carbocycles. The molecule has 4 rings (SSSR count). The molecular weight excluding hydrogens is 362 g/mol. The van der Waals surface area contributed by atoms with Crippen LogP contribution in [-0.2, 0) is 17.7 Å². The molecular formula is C20H22N3O3S+. The molecule has 0 saturated heterocycles. The zero-order valence-electron chi connectivity index (χ0n) is 15.4. The van der Waals surface area contributed by atoms with Crippen LogP contribution >= 0.6 is 11.3 Å². The highest BCUT2D eigenvalue weighted by Gasteiger charge is 2.23. The summed E-state index contributed by atoms with van der Waals surface area (Å²) >= 11 is 1.22. The Morgan fingerprint density at radius 2 is 2.22 bits per heavy atom. The molecule has 2 aromatic heterocycles. The number of aromatic amines is 1. The van der Waals surface area contributed by atoms with Gasteiger partial charge in [0.15, 0.2) is 5.82 Å². The van der Waals surface area contributed by atoms with Crippen LogP contribution in [0.25, 0.3) is 10.2 Å². The molecule has 0 unspecified atom stereocenters. The van der Waals surface area contributed by atoms with E-state index in [9.17, 15) is 9.59 Å². The van der Waals surface area contributed by atoms with Crippen LogP contribution in [0.3, 0.4) is 0 Å². The average molecular weight is 384 g/mol. The summed E-state index contributed by atoms with van der Waals surface area (Å²) in [7, 11) is 1.34. The van der Waals surface area contributed by atoms with Gasteiger partial charge in [-0.25, -0.2) is 9.78 Å². The van der Waals surface area contributed by atoms with E-state index >= 15 is 0 Å². The molecule has 1 aliphatic carbocycles. The first kappa shape index (κ1) is 17.9. The number of hydrogen-bond acceptors (Lipinski definition) is 5. The van der Waals surface area contributed by atoms with Crippen LogP contribution < -0.4 is 10.9 Å². The number of fused-ring (bicyclic) bond motifs is 2. The maximum Gasteiger partial charge on any atom is 0.348 e. The van der Waals surface area contributed by atoms with Gasteiger partial charge in [-0.05, 0) is 30.9 Å². The van der Waals surface area contributed by atoms with Crippen molar-refractivity contribution in [1.82, 2.24) is 9.97 Å². The van der Waals surface area contributed by atoms with E-state index in [0.29, 0.717) is 39.1 Å². The Balaban J connectivity index is 1.60. The number of carbonyl (C=O) groups is 1. The average Bonchev–Trinajstić information content (AvgIpc) is 3.02. The number of H-pyrrole nitrogens is 1. The minimum absolute atomic E-state index is 0.198. The number of nitrogens with one attached hydrogen (secondary N) is 1. The zero-order chi connectivity index (χ0) is 19.0. The normalized spacial score (nSPS) is 16.3. The number of benzene rings is 1. The fourth-order valence-electron chi connectivity index (χ4n) is 3.86. The van der Waals surface area contributed by atoms with Crippen molar-refractivity contribution in [2.45, 2.75) is 38.8 Å². The summed E-state index contributed by atoms with van der Waals surface area (Å²) < 4.78 is 4.80. The van der Waals surface area contributed by atoms with Crippen LogP contribution in [0.5, 0.6) is 0 Å². The van der Waals surface area contributed by atoms with Crippen LogP contribution in [0.2, 0.25) is 0 Å². The minimum atomic E-state index is -0.429.